The summed E-state index contributed by atoms with van der Waals surface area (Å²) in [5.74, 6) is -0.800. The van der Waals surface area contributed by atoms with E-state index in [-0.39, 0.29) is 5.56 Å². The van der Waals surface area contributed by atoms with Crippen LogP contribution in [0.3, 0.4) is 0 Å². The number of rotatable bonds is 6. The van der Waals surface area contributed by atoms with Crippen molar-refractivity contribution in [2.45, 2.75) is 6.92 Å². The van der Waals surface area contributed by atoms with Crippen LogP contribution in [0.4, 0.5) is 11.4 Å². The van der Waals surface area contributed by atoms with Gasteiger partial charge in [-0.2, -0.15) is 5.10 Å². The molecule has 3 rings (SSSR count). The summed E-state index contributed by atoms with van der Waals surface area (Å²) < 4.78 is 1.83. The molecule has 146 valence electrons. The van der Waals surface area contributed by atoms with Crippen molar-refractivity contribution >= 4 is 23.0 Å². The van der Waals surface area contributed by atoms with E-state index in [1.165, 1.54) is 0 Å². The highest BCUT2D eigenvalue weighted by molar-refractivity contribution is 6.01. The Morgan fingerprint density at radius 2 is 1.66 bits per heavy atom. The Morgan fingerprint density at radius 1 is 1.03 bits per heavy atom. The highest BCUT2D eigenvalue weighted by Crippen LogP contribution is 2.22. The number of aromatic nitrogens is 2. The van der Waals surface area contributed by atoms with Crippen LogP contribution in [0.2, 0.25) is 0 Å². The number of benzene rings is 2. The predicted molar refractivity (Wildman–Crippen MR) is 103 cm³/mol. The summed E-state index contributed by atoms with van der Waals surface area (Å²) in [6, 6.07) is 9.99. The van der Waals surface area contributed by atoms with Gasteiger partial charge in [-0.3, -0.25) is 25.0 Å². The van der Waals surface area contributed by atoms with Crippen LogP contribution in [0.5, 0.6) is 0 Å². The van der Waals surface area contributed by atoms with Crippen molar-refractivity contribution in [1.29, 1.82) is 0 Å². The summed E-state index contributed by atoms with van der Waals surface area (Å²) in [5.41, 5.74) is 3.02. The second-order valence-electron chi connectivity index (χ2n) is 5.91. The van der Waals surface area contributed by atoms with Crippen LogP contribution in [0.1, 0.15) is 22.8 Å². The Morgan fingerprint density at radius 3 is 2.17 bits per heavy atom. The zero-order chi connectivity index (χ0) is 21.0. The lowest BCUT2D eigenvalue weighted by atomic mass is 10.1. The van der Waals surface area contributed by atoms with E-state index in [4.69, 9.17) is 0 Å². The summed E-state index contributed by atoms with van der Waals surface area (Å²) in [5, 5.41) is 25.8. The van der Waals surface area contributed by atoms with Crippen molar-refractivity contribution < 1.29 is 14.6 Å². The third kappa shape index (κ3) is 4.47. The van der Waals surface area contributed by atoms with Gasteiger partial charge in [0.2, 0.25) is 0 Å². The van der Waals surface area contributed by atoms with E-state index in [0.717, 1.165) is 29.4 Å². The van der Waals surface area contributed by atoms with Crippen LogP contribution >= 0.6 is 0 Å². The van der Waals surface area contributed by atoms with Gasteiger partial charge in [-0.1, -0.05) is 12.1 Å². The molecule has 0 aliphatic rings. The van der Waals surface area contributed by atoms with E-state index < -0.39 is 27.1 Å². The second-order valence-corrected chi connectivity index (χ2v) is 5.91. The summed E-state index contributed by atoms with van der Waals surface area (Å²) in [6.45, 7) is 1.67. The first kappa shape index (κ1) is 19.4. The van der Waals surface area contributed by atoms with Gasteiger partial charge in [0.15, 0.2) is 0 Å². The van der Waals surface area contributed by atoms with Crippen LogP contribution in [0.15, 0.2) is 66.3 Å². The second kappa shape index (κ2) is 8.08. The summed E-state index contributed by atoms with van der Waals surface area (Å²) in [6.07, 6.45) is 5.12. The number of hydrogen-bond donors (Lipinski definition) is 1. The fraction of sp³-hybridized carbons (Fsp3) is 0.0556. The number of nitrogens with one attached hydrogen (secondary N) is 1. The van der Waals surface area contributed by atoms with E-state index in [1.54, 1.807) is 37.8 Å². The van der Waals surface area contributed by atoms with Crippen molar-refractivity contribution in [2.75, 3.05) is 0 Å². The molecule has 0 radical (unpaired) electrons. The number of amides is 1. The number of imidazole rings is 1. The molecule has 0 aliphatic heterocycles. The number of carbonyl (C=O) groups is 1. The Labute approximate surface area is 163 Å². The standard InChI is InChI=1S/C18H14N6O5/c1-12(13-2-4-15(5-3-13)22-7-6-19-11-22)20-21-18(25)14-8-16(23(26)27)10-17(9-14)24(28)29/h2-11H,1H3,(H,21,25). The average molecular weight is 394 g/mol. The molecule has 0 fully saturated rings. The van der Waals surface area contributed by atoms with Gasteiger partial charge in [0.25, 0.3) is 17.3 Å². The van der Waals surface area contributed by atoms with Crippen LogP contribution < -0.4 is 5.43 Å². The van der Waals surface area contributed by atoms with Crippen molar-refractivity contribution in [1.82, 2.24) is 15.0 Å². The van der Waals surface area contributed by atoms with Crippen molar-refractivity contribution in [3.05, 3.63) is 92.5 Å². The molecule has 1 aromatic heterocycles. The molecule has 1 amide bonds. The molecule has 0 spiro atoms. The number of hydrogen-bond acceptors (Lipinski definition) is 7. The molecule has 0 atom stereocenters. The van der Waals surface area contributed by atoms with E-state index >= 15 is 0 Å². The number of carbonyl (C=O) groups excluding carboxylic acids is 1. The molecule has 11 heteroatoms. The minimum Gasteiger partial charge on any atom is -0.306 e. The zero-order valence-electron chi connectivity index (χ0n) is 15.1. The average Bonchev–Trinajstić information content (AvgIpc) is 3.26. The summed E-state index contributed by atoms with van der Waals surface area (Å²) in [7, 11) is 0. The Kier molecular flexibility index (Phi) is 5.39. The monoisotopic (exact) mass is 394 g/mol. The minimum atomic E-state index is -0.805. The quantitative estimate of drug-likeness (QED) is 0.386. The lowest BCUT2D eigenvalue weighted by molar-refractivity contribution is -0.394. The van der Waals surface area contributed by atoms with E-state index in [0.29, 0.717) is 5.71 Å². The number of non-ortho nitro benzene ring substituents is 2. The third-order valence-corrected chi connectivity index (χ3v) is 4.00. The lowest BCUT2D eigenvalue weighted by Gasteiger charge is -2.06. The maximum absolute atomic E-state index is 12.3. The lowest BCUT2D eigenvalue weighted by Crippen LogP contribution is -2.19. The molecule has 0 saturated heterocycles. The first-order valence-electron chi connectivity index (χ1n) is 8.22. The number of nitro benzene ring substituents is 2. The first-order valence-corrected chi connectivity index (χ1v) is 8.22. The largest absolute Gasteiger partial charge is 0.306 e. The molecule has 11 nitrogen and oxygen atoms in total. The number of nitro groups is 2. The SMILES string of the molecule is CC(=NNC(=O)c1cc([N+](=O)[O-])cc([N+](=O)[O-])c1)c1ccc(-n2ccnc2)cc1. The normalized spacial score (nSPS) is 11.1. The van der Waals surface area contributed by atoms with Gasteiger partial charge < -0.3 is 4.57 Å². The Hall–Kier alpha value is -4.41. The van der Waals surface area contributed by atoms with E-state index in [1.807, 2.05) is 16.7 Å². The van der Waals surface area contributed by atoms with Gasteiger partial charge >= 0.3 is 0 Å². The maximum atomic E-state index is 12.3. The number of nitrogens with zero attached hydrogens (tertiary/aromatic N) is 5. The van der Waals surface area contributed by atoms with Gasteiger partial charge in [-0.25, -0.2) is 10.4 Å². The van der Waals surface area contributed by atoms with Gasteiger partial charge in [0.1, 0.15) is 0 Å². The molecular formula is C18H14N6O5. The molecule has 29 heavy (non-hydrogen) atoms. The molecule has 1 heterocycles. The van der Waals surface area contributed by atoms with Gasteiger partial charge in [-0.05, 0) is 24.6 Å². The third-order valence-electron chi connectivity index (χ3n) is 4.00. The summed E-state index contributed by atoms with van der Waals surface area (Å²) >= 11 is 0. The minimum absolute atomic E-state index is 0.238. The van der Waals surface area contributed by atoms with Crippen LogP contribution in [0, 0.1) is 20.2 Å². The number of hydrazone groups is 1. The molecule has 1 N–H and O–H groups in total. The Bertz CT molecular complexity index is 1070. The van der Waals surface area contributed by atoms with Crippen molar-refractivity contribution in [2.24, 2.45) is 5.10 Å². The predicted octanol–water partition coefficient (Wildman–Crippen LogP) is 2.84. The molecule has 3 aromatic rings. The Balaban J connectivity index is 1.77. The summed E-state index contributed by atoms with van der Waals surface area (Å²) in [4.78, 5) is 36.5. The molecule has 2 aromatic carbocycles. The first-order chi connectivity index (χ1) is 13.8. The van der Waals surface area contributed by atoms with Gasteiger partial charge in [0.05, 0.1) is 33.5 Å². The van der Waals surface area contributed by atoms with Crippen LogP contribution in [-0.2, 0) is 0 Å². The highest BCUT2D eigenvalue weighted by atomic mass is 16.6. The molecule has 0 unspecified atom stereocenters. The zero-order valence-corrected chi connectivity index (χ0v) is 15.1. The van der Waals surface area contributed by atoms with Gasteiger partial charge in [0, 0.05) is 30.2 Å². The maximum Gasteiger partial charge on any atom is 0.277 e. The van der Waals surface area contributed by atoms with Crippen molar-refractivity contribution in [3.8, 4) is 5.69 Å². The van der Waals surface area contributed by atoms with Crippen molar-refractivity contribution in [3.63, 3.8) is 0 Å². The topological polar surface area (TPSA) is 146 Å². The molecular weight excluding hydrogens is 380 g/mol. The molecule has 0 saturated carbocycles. The van der Waals surface area contributed by atoms with E-state index in [2.05, 4.69) is 15.5 Å². The molecule has 0 aliphatic carbocycles. The smallest absolute Gasteiger partial charge is 0.277 e. The fourth-order valence-electron chi connectivity index (χ4n) is 2.49. The fourth-order valence-corrected chi connectivity index (χ4v) is 2.49. The van der Waals surface area contributed by atoms with Crippen LogP contribution in [-0.4, -0.2) is 31.0 Å². The molecule has 0 bridgehead atoms. The van der Waals surface area contributed by atoms with Gasteiger partial charge in [-0.15, -0.1) is 0 Å². The van der Waals surface area contributed by atoms with Crippen LogP contribution in [0.25, 0.3) is 5.69 Å². The van der Waals surface area contributed by atoms with E-state index in [9.17, 15) is 25.0 Å². The highest BCUT2D eigenvalue weighted by Gasteiger charge is 2.19.